The van der Waals surface area contributed by atoms with Crippen molar-refractivity contribution in [3.63, 3.8) is 0 Å². The molecule has 0 aliphatic carbocycles. The van der Waals surface area contributed by atoms with E-state index in [1.807, 2.05) is 6.07 Å². The number of nitriles is 1. The summed E-state index contributed by atoms with van der Waals surface area (Å²) in [5, 5.41) is 8.90. The van der Waals surface area contributed by atoms with Crippen LogP contribution in [0, 0.1) is 23.1 Å². The van der Waals surface area contributed by atoms with E-state index in [0.29, 0.717) is 5.56 Å². The van der Waals surface area contributed by atoms with E-state index in [4.69, 9.17) is 5.26 Å². The van der Waals surface area contributed by atoms with E-state index in [1.165, 1.54) is 24.3 Å². The Bertz CT molecular complexity index is 389. The van der Waals surface area contributed by atoms with Crippen molar-refractivity contribution < 1.29 is 9.18 Å². The largest absolute Gasteiger partial charge is 0.298 e. The van der Waals surface area contributed by atoms with Gasteiger partial charge in [0.1, 0.15) is 11.7 Å². The SMILES string of the molecule is CC(C)C(=O)C(C#N)c1ccc(F)cc1. The van der Waals surface area contributed by atoms with Gasteiger partial charge in [0.25, 0.3) is 0 Å². The molecule has 1 rings (SSSR count). The first kappa shape index (κ1) is 11.4. The van der Waals surface area contributed by atoms with Crippen molar-refractivity contribution in [2.24, 2.45) is 5.92 Å². The Labute approximate surface area is 88.3 Å². The monoisotopic (exact) mass is 205 g/mol. The van der Waals surface area contributed by atoms with Gasteiger partial charge in [-0.3, -0.25) is 4.79 Å². The van der Waals surface area contributed by atoms with Crippen LogP contribution >= 0.6 is 0 Å². The van der Waals surface area contributed by atoms with Gasteiger partial charge in [-0.05, 0) is 17.7 Å². The van der Waals surface area contributed by atoms with Gasteiger partial charge in [-0.1, -0.05) is 26.0 Å². The maximum Gasteiger partial charge on any atom is 0.156 e. The molecular weight excluding hydrogens is 193 g/mol. The average molecular weight is 205 g/mol. The van der Waals surface area contributed by atoms with Crippen LogP contribution in [0.3, 0.4) is 0 Å². The number of nitrogens with zero attached hydrogens (tertiary/aromatic N) is 1. The molecule has 0 fully saturated rings. The highest BCUT2D eigenvalue weighted by Crippen LogP contribution is 2.19. The maximum absolute atomic E-state index is 12.6. The van der Waals surface area contributed by atoms with Crippen molar-refractivity contribution in [3.05, 3.63) is 35.6 Å². The van der Waals surface area contributed by atoms with E-state index in [-0.39, 0.29) is 17.5 Å². The maximum atomic E-state index is 12.6. The van der Waals surface area contributed by atoms with E-state index in [1.54, 1.807) is 13.8 Å². The number of benzene rings is 1. The molecule has 0 aromatic heterocycles. The molecule has 15 heavy (non-hydrogen) atoms. The van der Waals surface area contributed by atoms with E-state index in [0.717, 1.165) is 0 Å². The van der Waals surface area contributed by atoms with E-state index < -0.39 is 5.92 Å². The second-order valence-corrected chi connectivity index (χ2v) is 3.67. The smallest absolute Gasteiger partial charge is 0.156 e. The van der Waals surface area contributed by atoms with Gasteiger partial charge in [0.2, 0.25) is 0 Å². The minimum atomic E-state index is -0.786. The van der Waals surface area contributed by atoms with Crippen LogP contribution in [0.4, 0.5) is 4.39 Å². The van der Waals surface area contributed by atoms with Gasteiger partial charge in [0, 0.05) is 5.92 Å². The number of rotatable bonds is 3. The van der Waals surface area contributed by atoms with Crippen LogP contribution in [0.15, 0.2) is 24.3 Å². The first-order chi connectivity index (χ1) is 7.06. The highest BCUT2D eigenvalue weighted by molar-refractivity contribution is 5.89. The van der Waals surface area contributed by atoms with Crippen molar-refractivity contribution in [2.45, 2.75) is 19.8 Å². The molecule has 2 nitrogen and oxygen atoms in total. The van der Waals surface area contributed by atoms with Crippen LogP contribution in [0.5, 0.6) is 0 Å². The molecule has 0 saturated heterocycles. The molecule has 1 atom stereocenters. The molecule has 0 saturated carbocycles. The van der Waals surface area contributed by atoms with Crippen LogP contribution in [0.1, 0.15) is 25.3 Å². The summed E-state index contributed by atoms with van der Waals surface area (Å²) in [5.74, 6) is -1.48. The number of hydrogen-bond acceptors (Lipinski definition) is 2. The average Bonchev–Trinajstić information content (AvgIpc) is 2.21. The number of ketones is 1. The Morgan fingerprint density at radius 1 is 1.33 bits per heavy atom. The molecule has 0 aliphatic heterocycles. The molecule has 1 aromatic carbocycles. The van der Waals surface area contributed by atoms with Crippen molar-refractivity contribution in [3.8, 4) is 6.07 Å². The Kier molecular flexibility index (Phi) is 3.56. The van der Waals surface area contributed by atoms with Gasteiger partial charge in [-0.25, -0.2) is 4.39 Å². The second kappa shape index (κ2) is 4.70. The predicted octanol–water partition coefficient (Wildman–Crippen LogP) is 2.66. The molecule has 0 heterocycles. The molecule has 1 aromatic rings. The van der Waals surface area contributed by atoms with Crippen LogP contribution in [0.2, 0.25) is 0 Å². The molecule has 0 bridgehead atoms. The fourth-order valence-electron chi connectivity index (χ4n) is 1.29. The minimum Gasteiger partial charge on any atom is -0.298 e. The Hall–Kier alpha value is -1.69. The number of hydrogen-bond donors (Lipinski definition) is 0. The van der Waals surface area contributed by atoms with Crippen LogP contribution in [0.25, 0.3) is 0 Å². The fraction of sp³-hybridized carbons (Fsp3) is 0.333. The summed E-state index contributed by atoms with van der Waals surface area (Å²) in [6, 6.07) is 7.41. The summed E-state index contributed by atoms with van der Waals surface area (Å²) in [6.07, 6.45) is 0. The summed E-state index contributed by atoms with van der Waals surface area (Å²) in [4.78, 5) is 11.6. The molecule has 78 valence electrons. The van der Waals surface area contributed by atoms with Crippen molar-refractivity contribution in [1.82, 2.24) is 0 Å². The van der Waals surface area contributed by atoms with Gasteiger partial charge >= 0.3 is 0 Å². The zero-order valence-corrected chi connectivity index (χ0v) is 8.70. The molecule has 0 spiro atoms. The molecular formula is C12H12FNO. The Morgan fingerprint density at radius 2 is 1.87 bits per heavy atom. The number of carbonyl (C=O) groups is 1. The van der Waals surface area contributed by atoms with Crippen molar-refractivity contribution in [1.29, 1.82) is 5.26 Å². The molecule has 0 N–H and O–H groups in total. The number of carbonyl (C=O) groups excluding carboxylic acids is 1. The summed E-state index contributed by atoms with van der Waals surface area (Å²) in [6.45, 7) is 3.49. The Morgan fingerprint density at radius 3 is 2.27 bits per heavy atom. The van der Waals surface area contributed by atoms with Gasteiger partial charge < -0.3 is 0 Å². The quantitative estimate of drug-likeness (QED) is 0.761. The summed E-state index contributed by atoms with van der Waals surface area (Å²) >= 11 is 0. The van der Waals surface area contributed by atoms with E-state index in [2.05, 4.69) is 0 Å². The number of Topliss-reactive ketones (excluding diaryl/α,β-unsaturated/α-hetero) is 1. The first-order valence-electron chi connectivity index (χ1n) is 4.75. The summed E-state index contributed by atoms with van der Waals surface area (Å²) in [7, 11) is 0. The third kappa shape index (κ3) is 2.63. The van der Waals surface area contributed by atoms with Crippen LogP contribution in [-0.4, -0.2) is 5.78 Å². The van der Waals surface area contributed by atoms with Crippen LogP contribution in [-0.2, 0) is 4.79 Å². The molecule has 3 heteroatoms. The summed E-state index contributed by atoms with van der Waals surface area (Å²) < 4.78 is 12.6. The molecule has 0 aliphatic rings. The molecule has 1 unspecified atom stereocenters. The lowest BCUT2D eigenvalue weighted by Crippen LogP contribution is -2.16. The fourth-order valence-corrected chi connectivity index (χ4v) is 1.29. The highest BCUT2D eigenvalue weighted by atomic mass is 19.1. The van der Waals surface area contributed by atoms with Gasteiger partial charge in [-0.2, -0.15) is 5.26 Å². The predicted molar refractivity (Wildman–Crippen MR) is 54.6 cm³/mol. The zero-order chi connectivity index (χ0) is 11.4. The summed E-state index contributed by atoms with van der Waals surface area (Å²) in [5.41, 5.74) is 0.553. The Balaban J connectivity index is 2.99. The highest BCUT2D eigenvalue weighted by Gasteiger charge is 2.22. The van der Waals surface area contributed by atoms with E-state index >= 15 is 0 Å². The lowest BCUT2D eigenvalue weighted by Gasteiger charge is -2.10. The third-order valence-electron chi connectivity index (χ3n) is 2.19. The van der Waals surface area contributed by atoms with Gasteiger partial charge in [0.15, 0.2) is 5.78 Å². The standard InChI is InChI=1S/C12H12FNO/c1-8(2)12(15)11(7-14)9-3-5-10(13)6-4-9/h3-6,8,11H,1-2H3. The molecule has 0 amide bonds. The second-order valence-electron chi connectivity index (χ2n) is 3.67. The van der Waals surface area contributed by atoms with Crippen LogP contribution < -0.4 is 0 Å². The first-order valence-corrected chi connectivity index (χ1v) is 4.75. The lowest BCUT2D eigenvalue weighted by atomic mass is 9.90. The van der Waals surface area contributed by atoms with Crippen molar-refractivity contribution in [2.75, 3.05) is 0 Å². The zero-order valence-electron chi connectivity index (χ0n) is 8.70. The van der Waals surface area contributed by atoms with E-state index in [9.17, 15) is 9.18 Å². The van der Waals surface area contributed by atoms with Gasteiger partial charge in [-0.15, -0.1) is 0 Å². The third-order valence-corrected chi connectivity index (χ3v) is 2.19. The minimum absolute atomic E-state index is 0.135. The lowest BCUT2D eigenvalue weighted by molar-refractivity contribution is -0.122. The van der Waals surface area contributed by atoms with Gasteiger partial charge in [0.05, 0.1) is 6.07 Å². The number of halogens is 1. The normalized spacial score (nSPS) is 12.2. The van der Waals surface area contributed by atoms with Crippen molar-refractivity contribution >= 4 is 5.78 Å². The molecule has 0 radical (unpaired) electrons. The topological polar surface area (TPSA) is 40.9 Å².